The Balaban J connectivity index is 2.46. The molecule has 0 saturated carbocycles. The molecule has 0 bridgehead atoms. The first-order valence-corrected chi connectivity index (χ1v) is 5.47. The van der Waals surface area contributed by atoms with Crippen molar-refractivity contribution in [3.05, 3.63) is 53.6 Å². The van der Waals surface area contributed by atoms with Crippen molar-refractivity contribution in [3.8, 4) is 11.1 Å². The molecule has 84 valence electrons. The molecule has 0 aromatic heterocycles. The van der Waals surface area contributed by atoms with Crippen molar-refractivity contribution in [2.75, 3.05) is 0 Å². The number of rotatable bonds is 2. The average Bonchev–Trinajstić information content (AvgIpc) is 2.34. The summed E-state index contributed by atoms with van der Waals surface area (Å²) in [5.41, 5.74) is 5.54. The van der Waals surface area contributed by atoms with Crippen LogP contribution in [0.15, 0.2) is 47.5 Å². The molecule has 0 aliphatic heterocycles. The van der Waals surface area contributed by atoms with Gasteiger partial charge in [0.05, 0.1) is 5.69 Å². The van der Waals surface area contributed by atoms with Crippen molar-refractivity contribution < 1.29 is 4.79 Å². The molecule has 0 aliphatic rings. The van der Waals surface area contributed by atoms with Crippen LogP contribution in [0.4, 0.5) is 5.69 Å². The summed E-state index contributed by atoms with van der Waals surface area (Å²) >= 11 is 0. The van der Waals surface area contributed by atoms with Gasteiger partial charge in [-0.3, -0.25) is 0 Å². The number of carbonyl (C=O) groups excluding carboxylic acids is 1. The van der Waals surface area contributed by atoms with Crippen LogP contribution in [0.5, 0.6) is 0 Å². The topological polar surface area (TPSA) is 29.4 Å². The van der Waals surface area contributed by atoms with E-state index in [-0.39, 0.29) is 0 Å². The summed E-state index contributed by atoms with van der Waals surface area (Å²) in [4.78, 5) is 13.7. The summed E-state index contributed by atoms with van der Waals surface area (Å²) in [6.07, 6.45) is 1.54. The monoisotopic (exact) mass is 223 g/mol. The van der Waals surface area contributed by atoms with E-state index < -0.39 is 0 Å². The maximum Gasteiger partial charge on any atom is 0.240 e. The molecular formula is C15H13NO. The summed E-state index contributed by atoms with van der Waals surface area (Å²) in [7, 11) is 0. The number of hydrogen-bond donors (Lipinski definition) is 0. The molecule has 2 heteroatoms. The van der Waals surface area contributed by atoms with Crippen LogP contribution in [0.3, 0.4) is 0 Å². The van der Waals surface area contributed by atoms with E-state index in [1.165, 1.54) is 22.8 Å². The van der Waals surface area contributed by atoms with Crippen LogP contribution >= 0.6 is 0 Å². The lowest BCUT2D eigenvalue weighted by Gasteiger charge is -2.08. The fourth-order valence-corrected chi connectivity index (χ4v) is 1.83. The highest BCUT2D eigenvalue weighted by Gasteiger charge is 2.03. The molecular weight excluding hydrogens is 210 g/mol. The Hall–Kier alpha value is -2.18. The van der Waals surface area contributed by atoms with Crippen LogP contribution in [-0.4, -0.2) is 6.08 Å². The largest absolute Gasteiger partial charge is 0.240 e. The van der Waals surface area contributed by atoms with Gasteiger partial charge in [-0.05, 0) is 48.2 Å². The van der Waals surface area contributed by atoms with Crippen LogP contribution in [0.25, 0.3) is 11.1 Å². The fraction of sp³-hybridized carbons (Fsp3) is 0.133. The molecule has 0 unspecified atom stereocenters. The molecule has 2 aromatic carbocycles. The van der Waals surface area contributed by atoms with Gasteiger partial charge in [0, 0.05) is 0 Å². The molecule has 0 saturated heterocycles. The smallest absolute Gasteiger partial charge is 0.211 e. The molecule has 0 spiro atoms. The van der Waals surface area contributed by atoms with E-state index in [0.717, 1.165) is 5.56 Å². The second kappa shape index (κ2) is 4.77. The summed E-state index contributed by atoms with van der Waals surface area (Å²) in [5.74, 6) is 0. The zero-order chi connectivity index (χ0) is 12.3. The Morgan fingerprint density at radius 3 is 2.35 bits per heavy atom. The van der Waals surface area contributed by atoms with E-state index in [9.17, 15) is 4.79 Å². The molecule has 0 fully saturated rings. The standard InChI is InChI=1S/C15H13NO/c1-11-4-3-5-15(12(11)2)13-6-8-14(9-7-13)16-10-17/h3-9H,1-2H3. The Labute approximate surface area is 101 Å². The van der Waals surface area contributed by atoms with Gasteiger partial charge in [0.1, 0.15) is 0 Å². The van der Waals surface area contributed by atoms with Crippen LogP contribution < -0.4 is 0 Å². The van der Waals surface area contributed by atoms with Crippen LogP contribution in [0.2, 0.25) is 0 Å². The Kier molecular flexibility index (Phi) is 3.17. The number of aryl methyl sites for hydroxylation is 1. The number of isocyanates is 1. The Morgan fingerprint density at radius 1 is 1.00 bits per heavy atom. The van der Waals surface area contributed by atoms with Crippen molar-refractivity contribution in [1.29, 1.82) is 0 Å². The molecule has 2 nitrogen and oxygen atoms in total. The summed E-state index contributed by atoms with van der Waals surface area (Å²) in [6.45, 7) is 4.21. The van der Waals surface area contributed by atoms with Crippen LogP contribution in [0.1, 0.15) is 11.1 Å². The maximum atomic E-state index is 10.1. The predicted molar refractivity (Wildman–Crippen MR) is 69.1 cm³/mol. The van der Waals surface area contributed by atoms with Crippen LogP contribution in [0, 0.1) is 13.8 Å². The lowest BCUT2D eigenvalue weighted by atomic mass is 9.97. The minimum Gasteiger partial charge on any atom is -0.211 e. The Morgan fingerprint density at radius 2 is 1.71 bits per heavy atom. The zero-order valence-electron chi connectivity index (χ0n) is 9.90. The van der Waals surface area contributed by atoms with Gasteiger partial charge in [0.2, 0.25) is 6.08 Å². The minimum atomic E-state index is 0.633. The van der Waals surface area contributed by atoms with E-state index in [1.54, 1.807) is 0 Å². The van der Waals surface area contributed by atoms with Gasteiger partial charge >= 0.3 is 0 Å². The predicted octanol–water partition coefficient (Wildman–Crippen LogP) is 3.94. The molecule has 0 amide bonds. The van der Waals surface area contributed by atoms with Gasteiger partial charge in [0.25, 0.3) is 0 Å². The van der Waals surface area contributed by atoms with Gasteiger partial charge in [-0.2, -0.15) is 4.99 Å². The second-order valence-electron chi connectivity index (χ2n) is 4.00. The lowest BCUT2D eigenvalue weighted by molar-refractivity contribution is 0.565. The van der Waals surface area contributed by atoms with E-state index >= 15 is 0 Å². The normalized spacial score (nSPS) is 9.76. The van der Waals surface area contributed by atoms with Gasteiger partial charge in [0.15, 0.2) is 0 Å². The van der Waals surface area contributed by atoms with Crippen molar-refractivity contribution in [1.82, 2.24) is 0 Å². The van der Waals surface area contributed by atoms with Crippen molar-refractivity contribution >= 4 is 11.8 Å². The number of hydrogen-bond acceptors (Lipinski definition) is 2. The van der Waals surface area contributed by atoms with Crippen molar-refractivity contribution in [2.24, 2.45) is 4.99 Å². The fourth-order valence-electron chi connectivity index (χ4n) is 1.83. The van der Waals surface area contributed by atoms with E-state index in [0.29, 0.717) is 5.69 Å². The Bertz CT molecular complexity index is 578. The molecule has 0 aliphatic carbocycles. The first kappa shape index (κ1) is 11.3. The SMILES string of the molecule is Cc1cccc(-c2ccc(N=C=O)cc2)c1C. The lowest BCUT2D eigenvalue weighted by Crippen LogP contribution is -1.86. The second-order valence-corrected chi connectivity index (χ2v) is 4.00. The van der Waals surface area contributed by atoms with Gasteiger partial charge in [-0.25, -0.2) is 4.79 Å². The van der Waals surface area contributed by atoms with Crippen molar-refractivity contribution in [2.45, 2.75) is 13.8 Å². The number of aliphatic imine (C=N–C) groups is 1. The highest BCUT2D eigenvalue weighted by Crippen LogP contribution is 2.26. The zero-order valence-corrected chi connectivity index (χ0v) is 9.90. The summed E-state index contributed by atoms with van der Waals surface area (Å²) in [5, 5.41) is 0. The maximum absolute atomic E-state index is 10.1. The molecule has 2 rings (SSSR count). The average molecular weight is 223 g/mol. The third-order valence-electron chi connectivity index (χ3n) is 2.96. The molecule has 0 N–H and O–H groups in total. The van der Waals surface area contributed by atoms with Gasteiger partial charge in [-0.15, -0.1) is 0 Å². The number of nitrogens with zero attached hydrogens (tertiary/aromatic N) is 1. The van der Waals surface area contributed by atoms with E-state index in [2.05, 4.69) is 37.0 Å². The first-order valence-electron chi connectivity index (χ1n) is 5.47. The summed E-state index contributed by atoms with van der Waals surface area (Å²) < 4.78 is 0. The summed E-state index contributed by atoms with van der Waals surface area (Å²) in [6, 6.07) is 13.8. The van der Waals surface area contributed by atoms with E-state index in [4.69, 9.17) is 0 Å². The highest BCUT2D eigenvalue weighted by atomic mass is 16.1. The minimum absolute atomic E-state index is 0.633. The quantitative estimate of drug-likeness (QED) is 0.560. The third-order valence-corrected chi connectivity index (χ3v) is 2.96. The van der Waals surface area contributed by atoms with Gasteiger partial charge < -0.3 is 0 Å². The first-order chi connectivity index (χ1) is 8.22. The van der Waals surface area contributed by atoms with Gasteiger partial charge in [-0.1, -0.05) is 30.3 Å². The molecule has 0 atom stereocenters. The molecule has 17 heavy (non-hydrogen) atoms. The van der Waals surface area contributed by atoms with E-state index in [1.807, 2.05) is 24.3 Å². The third kappa shape index (κ3) is 2.32. The molecule has 0 heterocycles. The molecule has 2 aromatic rings. The molecule has 0 radical (unpaired) electrons. The van der Waals surface area contributed by atoms with Crippen molar-refractivity contribution in [3.63, 3.8) is 0 Å². The highest BCUT2D eigenvalue weighted by molar-refractivity contribution is 5.70. The van der Waals surface area contributed by atoms with Crippen LogP contribution in [-0.2, 0) is 4.79 Å². The number of benzene rings is 2.